The molecule has 0 fully saturated rings. The van der Waals surface area contributed by atoms with Crippen molar-refractivity contribution >= 4 is 23.1 Å². The van der Waals surface area contributed by atoms with Gasteiger partial charge in [0.05, 0.1) is 30.3 Å². The van der Waals surface area contributed by atoms with Crippen LogP contribution in [0.1, 0.15) is 42.5 Å². The van der Waals surface area contributed by atoms with Crippen LogP contribution in [0, 0.1) is 6.92 Å². The van der Waals surface area contributed by atoms with Crippen LogP contribution in [0.5, 0.6) is 0 Å². The van der Waals surface area contributed by atoms with E-state index in [4.69, 9.17) is 9.47 Å². The van der Waals surface area contributed by atoms with Crippen molar-refractivity contribution in [2.24, 2.45) is 0 Å². The summed E-state index contributed by atoms with van der Waals surface area (Å²) in [6, 6.07) is 3.50. The summed E-state index contributed by atoms with van der Waals surface area (Å²) in [5, 5.41) is 2.63. The highest BCUT2D eigenvalue weighted by Gasteiger charge is 2.17. The van der Waals surface area contributed by atoms with Crippen LogP contribution < -0.4 is 5.32 Å². The number of carbonyl (C=O) groups is 2. The molecule has 1 heterocycles. The van der Waals surface area contributed by atoms with Gasteiger partial charge in [-0.05, 0) is 45.4 Å². The van der Waals surface area contributed by atoms with Crippen LogP contribution in [0.25, 0.3) is 11.0 Å². The number of nitrogens with zero attached hydrogens (tertiary/aromatic N) is 1. The number of carbonyl (C=O) groups excluding carboxylic acids is 2. The number of rotatable bonds is 3. The van der Waals surface area contributed by atoms with Crippen LogP contribution in [0.3, 0.4) is 0 Å². The zero-order valence-electron chi connectivity index (χ0n) is 13.9. The third-order valence-corrected chi connectivity index (χ3v) is 3.08. The Labute approximate surface area is 134 Å². The maximum absolute atomic E-state index is 11.7. The second-order valence-electron chi connectivity index (χ2n) is 6.21. The molecule has 1 aromatic heterocycles. The van der Waals surface area contributed by atoms with E-state index in [1.165, 1.54) is 7.11 Å². The lowest BCUT2D eigenvalue weighted by molar-refractivity contribution is 0.0521. The highest BCUT2D eigenvalue weighted by molar-refractivity contribution is 5.95. The predicted octanol–water partition coefficient (Wildman–Crippen LogP) is 2.68. The van der Waals surface area contributed by atoms with Crippen LogP contribution in [0.4, 0.5) is 4.79 Å². The topological polar surface area (TPSA) is 93.3 Å². The van der Waals surface area contributed by atoms with Gasteiger partial charge in [0.15, 0.2) is 0 Å². The molecular weight excluding hydrogens is 298 g/mol. The zero-order valence-corrected chi connectivity index (χ0v) is 13.9. The van der Waals surface area contributed by atoms with Gasteiger partial charge in [0.25, 0.3) is 0 Å². The van der Waals surface area contributed by atoms with E-state index < -0.39 is 17.7 Å². The molecule has 0 radical (unpaired) electrons. The quantitative estimate of drug-likeness (QED) is 0.848. The van der Waals surface area contributed by atoms with E-state index in [1.54, 1.807) is 26.8 Å². The molecule has 2 rings (SSSR count). The van der Waals surface area contributed by atoms with Gasteiger partial charge in [0, 0.05) is 0 Å². The Morgan fingerprint density at radius 2 is 2.00 bits per heavy atom. The number of hydrogen-bond acceptors (Lipinski definition) is 5. The third-order valence-electron chi connectivity index (χ3n) is 3.08. The Balaban J connectivity index is 2.14. The number of benzene rings is 1. The predicted molar refractivity (Wildman–Crippen MR) is 85.2 cm³/mol. The lowest BCUT2D eigenvalue weighted by atomic mass is 10.1. The van der Waals surface area contributed by atoms with Crippen molar-refractivity contribution in [2.75, 3.05) is 7.11 Å². The minimum Gasteiger partial charge on any atom is -0.465 e. The van der Waals surface area contributed by atoms with E-state index in [1.807, 2.05) is 13.0 Å². The fourth-order valence-corrected chi connectivity index (χ4v) is 2.10. The summed E-state index contributed by atoms with van der Waals surface area (Å²) >= 11 is 0. The number of fused-ring (bicyclic) bond motifs is 1. The van der Waals surface area contributed by atoms with Gasteiger partial charge in [0.2, 0.25) is 0 Å². The van der Waals surface area contributed by atoms with Gasteiger partial charge in [-0.15, -0.1) is 0 Å². The van der Waals surface area contributed by atoms with Crippen molar-refractivity contribution < 1.29 is 19.1 Å². The molecule has 1 aromatic carbocycles. The molecule has 7 heteroatoms. The van der Waals surface area contributed by atoms with E-state index in [0.717, 1.165) is 11.1 Å². The molecule has 23 heavy (non-hydrogen) atoms. The first kappa shape index (κ1) is 16.8. The summed E-state index contributed by atoms with van der Waals surface area (Å²) in [5.41, 5.74) is 2.13. The number of aromatic amines is 1. The maximum Gasteiger partial charge on any atom is 0.408 e. The molecular formula is C16H21N3O4. The number of aryl methyl sites for hydroxylation is 1. The number of esters is 1. The van der Waals surface area contributed by atoms with Crippen LogP contribution in [0.15, 0.2) is 12.1 Å². The third kappa shape index (κ3) is 4.21. The van der Waals surface area contributed by atoms with Gasteiger partial charge in [-0.2, -0.15) is 0 Å². The van der Waals surface area contributed by atoms with Crippen molar-refractivity contribution in [3.8, 4) is 0 Å². The summed E-state index contributed by atoms with van der Waals surface area (Å²) in [7, 11) is 1.34. The highest BCUT2D eigenvalue weighted by atomic mass is 16.6. The van der Waals surface area contributed by atoms with Crippen LogP contribution >= 0.6 is 0 Å². The van der Waals surface area contributed by atoms with E-state index in [2.05, 4.69) is 15.3 Å². The number of nitrogens with one attached hydrogen (secondary N) is 2. The Bertz CT molecular complexity index is 744. The molecule has 0 aliphatic rings. The average Bonchev–Trinajstić information content (AvgIpc) is 2.83. The van der Waals surface area contributed by atoms with Gasteiger partial charge in [-0.25, -0.2) is 14.6 Å². The monoisotopic (exact) mass is 319 g/mol. The molecule has 1 amide bonds. The standard InChI is InChI=1S/C16H21N3O4/c1-9-6-11-12(7-10(9)14(20)22-5)19-13(18-11)8-17-15(21)23-16(2,3)4/h6-7H,8H2,1-5H3,(H,17,21)(H,18,19). The molecule has 0 saturated heterocycles. The maximum atomic E-state index is 11.7. The Hall–Kier alpha value is -2.57. The van der Waals surface area contributed by atoms with Crippen molar-refractivity contribution in [2.45, 2.75) is 39.8 Å². The molecule has 0 spiro atoms. The molecule has 0 aliphatic heterocycles. The molecule has 2 N–H and O–H groups in total. The van der Waals surface area contributed by atoms with Gasteiger partial charge in [-0.3, -0.25) is 0 Å². The first-order valence-corrected chi connectivity index (χ1v) is 7.24. The molecule has 0 saturated carbocycles. The molecule has 2 aromatic rings. The van der Waals surface area contributed by atoms with Crippen LogP contribution in [-0.4, -0.2) is 34.7 Å². The van der Waals surface area contributed by atoms with Crippen molar-refractivity contribution in [1.29, 1.82) is 0 Å². The van der Waals surface area contributed by atoms with E-state index in [-0.39, 0.29) is 6.54 Å². The summed E-state index contributed by atoms with van der Waals surface area (Å²) in [5.74, 6) is 0.174. The van der Waals surface area contributed by atoms with Crippen molar-refractivity contribution in [1.82, 2.24) is 15.3 Å². The number of alkyl carbamates (subject to hydrolysis) is 1. The Morgan fingerprint density at radius 3 is 2.61 bits per heavy atom. The zero-order chi connectivity index (χ0) is 17.2. The number of aromatic nitrogens is 2. The number of H-pyrrole nitrogens is 1. The largest absolute Gasteiger partial charge is 0.465 e. The second-order valence-corrected chi connectivity index (χ2v) is 6.21. The SMILES string of the molecule is COC(=O)c1cc2nc(CNC(=O)OC(C)(C)C)[nH]c2cc1C. The number of methoxy groups -OCH3 is 1. The first-order chi connectivity index (χ1) is 10.7. The van der Waals surface area contributed by atoms with Gasteiger partial charge < -0.3 is 19.8 Å². The Kier molecular flexibility index (Phi) is 4.58. The molecule has 0 bridgehead atoms. The van der Waals surface area contributed by atoms with Crippen molar-refractivity contribution in [3.63, 3.8) is 0 Å². The van der Waals surface area contributed by atoms with E-state index >= 15 is 0 Å². The average molecular weight is 319 g/mol. The fraction of sp³-hybridized carbons (Fsp3) is 0.438. The summed E-state index contributed by atoms with van der Waals surface area (Å²) in [6.45, 7) is 7.42. The molecule has 124 valence electrons. The van der Waals surface area contributed by atoms with Gasteiger partial charge >= 0.3 is 12.1 Å². The number of hydrogen-bond donors (Lipinski definition) is 2. The van der Waals surface area contributed by atoms with Gasteiger partial charge in [-0.1, -0.05) is 0 Å². The lowest BCUT2D eigenvalue weighted by Crippen LogP contribution is -2.32. The Morgan fingerprint density at radius 1 is 1.30 bits per heavy atom. The number of imidazole rings is 1. The first-order valence-electron chi connectivity index (χ1n) is 7.24. The number of amides is 1. The normalized spacial score (nSPS) is 11.3. The summed E-state index contributed by atoms with van der Waals surface area (Å²) in [6.07, 6.45) is -0.510. The van der Waals surface area contributed by atoms with E-state index in [9.17, 15) is 9.59 Å². The molecule has 0 unspecified atom stereocenters. The highest BCUT2D eigenvalue weighted by Crippen LogP contribution is 2.19. The smallest absolute Gasteiger partial charge is 0.408 e. The van der Waals surface area contributed by atoms with Crippen LogP contribution in [-0.2, 0) is 16.0 Å². The summed E-state index contributed by atoms with van der Waals surface area (Å²) in [4.78, 5) is 30.8. The lowest BCUT2D eigenvalue weighted by Gasteiger charge is -2.19. The van der Waals surface area contributed by atoms with Crippen molar-refractivity contribution in [3.05, 3.63) is 29.1 Å². The van der Waals surface area contributed by atoms with Crippen LogP contribution in [0.2, 0.25) is 0 Å². The minimum atomic E-state index is -0.551. The number of ether oxygens (including phenoxy) is 2. The fourth-order valence-electron chi connectivity index (χ4n) is 2.10. The molecule has 0 atom stereocenters. The second kappa shape index (κ2) is 6.28. The molecule has 0 aliphatic carbocycles. The molecule has 7 nitrogen and oxygen atoms in total. The van der Waals surface area contributed by atoms with Gasteiger partial charge in [0.1, 0.15) is 11.4 Å². The summed E-state index contributed by atoms with van der Waals surface area (Å²) < 4.78 is 9.91. The van der Waals surface area contributed by atoms with E-state index in [0.29, 0.717) is 16.9 Å². The minimum absolute atomic E-state index is 0.205.